The van der Waals surface area contributed by atoms with Crippen LogP contribution >= 0.6 is 11.3 Å². The monoisotopic (exact) mass is 344 g/mol. The molecule has 1 aromatic carbocycles. The number of hydrogen-bond acceptors (Lipinski definition) is 4. The van der Waals surface area contributed by atoms with Crippen LogP contribution in [0.15, 0.2) is 30.3 Å². The lowest BCUT2D eigenvalue weighted by molar-refractivity contribution is -0.114. The van der Waals surface area contributed by atoms with Crippen molar-refractivity contribution in [3.63, 3.8) is 0 Å². The van der Waals surface area contributed by atoms with E-state index in [4.69, 9.17) is 0 Å². The van der Waals surface area contributed by atoms with E-state index in [2.05, 4.69) is 5.32 Å². The third kappa shape index (κ3) is 3.43. The number of para-hydroxylation sites is 1. The molecule has 0 atom stereocenters. The first kappa shape index (κ1) is 16.5. The van der Waals surface area contributed by atoms with Crippen LogP contribution < -0.4 is 10.2 Å². The van der Waals surface area contributed by atoms with Crippen molar-refractivity contribution in [2.24, 2.45) is 0 Å². The quantitative estimate of drug-likeness (QED) is 0.872. The highest BCUT2D eigenvalue weighted by atomic mass is 32.1. The zero-order chi connectivity index (χ0) is 17.1. The lowest BCUT2D eigenvalue weighted by atomic mass is 9.95. The number of carboxylic acids is 1. The summed E-state index contributed by atoms with van der Waals surface area (Å²) in [6.45, 7) is 0.172. The molecule has 0 bridgehead atoms. The van der Waals surface area contributed by atoms with Gasteiger partial charge in [0.25, 0.3) is 0 Å². The first-order chi connectivity index (χ1) is 11.6. The van der Waals surface area contributed by atoms with Gasteiger partial charge in [0, 0.05) is 17.6 Å². The summed E-state index contributed by atoms with van der Waals surface area (Å²) in [7, 11) is 1.84. The van der Waals surface area contributed by atoms with Crippen LogP contribution in [-0.4, -0.2) is 30.6 Å². The van der Waals surface area contributed by atoms with Crippen molar-refractivity contribution in [1.82, 2.24) is 0 Å². The summed E-state index contributed by atoms with van der Waals surface area (Å²) in [4.78, 5) is 26.9. The molecule has 126 valence electrons. The second-order valence-electron chi connectivity index (χ2n) is 5.96. The highest BCUT2D eigenvalue weighted by molar-refractivity contribution is 7.17. The van der Waals surface area contributed by atoms with E-state index in [0.717, 1.165) is 41.8 Å². The Labute approximate surface area is 144 Å². The Hall–Kier alpha value is -2.34. The predicted octanol–water partition coefficient (Wildman–Crippen LogP) is 3.40. The normalized spacial score (nSPS) is 13.2. The Morgan fingerprint density at radius 1 is 1.21 bits per heavy atom. The molecule has 1 heterocycles. The van der Waals surface area contributed by atoms with Crippen LogP contribution in [0.25, 0.3) is 0 Å². The molecule has 2 N–H and O–H groups in total. The van der Waals surface area contributed by atoms with Crippen molar-refractivity contribution in [1.29, 1.82) is 0 Å². The lowest BCUT2D eigenvalue weighted by Crippen LogP contribution is -2.30. The van der Waals surface area contributed by atoms with Gasteiger partial charge in [-0.1, -0.05) is 18.2 Å². The number of thiophene rings is 1. The number of aryl methyl sites for hydroxylation is 1. The average Bonchev–Trinajstić information content (AvgIpc) is 2.93. The van der Waals surface area contributed by atoms with Crippen LogP contribution in [0, 0.1) is 0 Å². The average molecular weight is 344 g/mol. The van der Waals surface area contributed by atoms with E-state index in [0.29, 0.717) is 5.00 Å². The van der Waals surface area contributed by atoms with Gasteiger partial charge >= 0.3 is 5.97 Å². The maximum atomic E-state index is 12.3. The fraction of sp³-hybridized carbons (Fsp3) is 0.333. The Bertz CT molecular complexity index is 755. The minimum Gasteiger partial charge on any atom is -0.478 e. The number of nitrogens with one attached hydrogen (secondary N) is 1. The van der Waals surface area contributed by atoms with Gasteiger partial charge in [-0.2, -0.15) is 0 Å². The maximum Gasteiger partial charge on any atom is 0.339 e. The summed E-state index contributed by atoms with van der Waals surface area (Å²) in [5.41, 5.74) is 2.13. The van der Waals surface area contributed by atoms with Crippen LogP contribution in [0.1, 0.15) is 33.6 Å². The van der Waals surface area contributed by atoms with Crippen molar-refractivity contribution in [2.45, 2.75) is 25.7 Å². The topological polar surface area (TPSA) is 69.6 Å². The zero-order valence-electron chi connectivity index (χ0n) is 13.5. The lowest BCUT2D eigenvalue weighted by Gasteiger charge is -2.18. The molecular formula is C18H20N2O3S. The smallest absolute Gasteiger partial charge is 0.339 e. The van der Waals surface area contributed by atoms with Gasteiger partial charge in [0.15, 0.2) is 0 Å². The van der Waals surface area contributed by atoms with Gasteiger partial charge in [-0.15, -0.1) is 11.3 Å². The van der Waals surface area contributed by atoms with E-state index >= 15 is 0 Å². The molecule has 0 saturated heterocycles. The van der Waals surface area contributed by atoms with Crippen molar-refractivity contribution < 1.29 is 14.7 Å². The van der Waals surface area contributed by atoms with Gasteiger partial charge in [0.1, 0.15) is 5.00 Å². The molecule has 1 aliphatic carbocycles. The Balaban J connectivity index is 1.75. The number of fused-ring (bicyclic) bond motifs is 1. The van der Waals surface area contributed by atoms with Gasteiger partial charge in [0.05, 0.1) is 12.1 Å². The second-order valence-corrected chi connectivity index (χ2v) is 7.07. The first-order valence-corrected chi connectivity index (χ1v) is 8.81. The highest BCUT2D eigenvalue weighted by Crippen LogP contribution is 2.38. The van der Waals surface area contributed by atoms with E-state index in [1.54, 1.807) is 0 Å². The number of anilines is 2. The van der Waals surface area contributed by atoms with E-state index in [9.17, 15) is 14.7 Å². The van der Waals surface area contributed by atoms with Crippen molar-refractivity contribution >= 4 is 33.9 Å². The first-order valence-electron chi connectivity index (χ1n) is 8.00. The molecule has 24 heavy (non-hydrogen) atoms. The molecule has 0 fully saturated rings. The standard InChI is InChI=1S/C18H20N2O3S/c1-20(12-7-3-2-4-8-12)11-15(21)19-17-16(18(22)23)13-9-5-6-10-14(13)24-17/h2-4,7-8H,5-6,9-11H2,1H3,(H,19,21)(H,22,23). The number of carbonyl (C=O) groups is 2. The van der Waals surface area contributed by atoms with Gasteiger partial charge in [-0.3, -0.25) is 4.79 Å². The van der Waals surface area contributed by atoms with E-state index < -0.39 is 5.97 Å². The van der Waals surface area contributed by atoms with Gasteiger partial charge in [-0.05, 0) is 43.4 Å². The van der Waals surface area contributed by atoms with Gasteiger partial charge in [-0.25, -0.2) is 4.79 Å². The SMILES string of the molecule is CN(CC(=O)Nc1sc2c(c1C(=O)O)CCCC2)c1ccccc1. The zero-order valence-corrected chi connectivity index (χ0v) is 14.4. The predicted molar refractivity (Wildman–Crippen MR) is 96.3 cm³/mol. The molecule has 5 nitrogen and oxygen atoms in total. The number of amides is 1. The number of nitrogens with zero attached hydrogens (tertiary/aromatic N) is 1. The molecule has 3 rings (SSSR count). The molecule has 0 unspecified atom stereocenters. The Morgan fingerprint density at radius 3 is 2.62 bits per heavy atom. The van der Waals surface area contributed by atoms with Crippen LogP contribution in [0.5, 0.6) is 0 Å². The molecule has 1 aromatic heterocycles. The fourth-order valence-corrected chi connectivity index (χ4v) is 4.33. The molecule has 1 amide bonds. The Kier molecular flexibility index (Phi) is 4.85. The summed E-state index contributed by atoms with van der Waals surface area (Å²) < 4.78 is 0. The maximum absolute atomic E-state index is 12.3. The molecule has 2 aromatic rings. The summed E-state index contributed by atoms with van der Waals surface area (Å²) in [6, 6.07) is 9.62. The molecule has 0 saturated carbocycles. The molecule has 6 heteroatoms. The summed E-state index contributed by atoms with van der Waals surface area (Å²) in [6.07, 6.45) is 3.78. The number of benzene rings is 1. The number of carboxylic acid groups (broad SMARTS) is 1. The molecular weight excluding hydrogens is 324 g/mol. The summed E-state index contributed by atoms with van der Waals surface area (Å²) in [5, 5.41) is 12.8. The van der Waals surface area contributed by atoms with Crippen LogP contribution in [-0.2, 0) is 17.6 Å². The molecule has 1 aliphatic rings. The van der Waals surface area contributed by atoms with Crippen LogP contribution in [0.2, 0.25) is 0 Å². The fourth-order valence-electron chi connectivity index (χ4n) is 3.04. The third-order valence-electron chi connectivity index (χ3n) is 4.22. The molecule has 0 spiro atoms. The minimum atomic E-state index is -0.957. The van der Waals surface area contributed by atoms with E-state index in [1.165, 1.54) is 11.3 Å². The summed E-state index contributed by atoms with van der Waals surface area (Å²) >= 11 is 1.41. The second kappa shape index (κ2) is 7.05. The third-order valence-corrected chi connectivity index (χ3v) is 5.42. The van der Waals surface area contributed by atoms with Gasteiger partial charge in [0.2, 0.25) is 5.91 Å². The number of hydrogen-bond donors (Lipinski definition) is 2. The number of aromatic carboxylic acids is 1. The summed E-state index contributed by atoms with van der Waals surface area (Å²) in [5.74, 6) is -1.16. The minimum absolute atomic E-state index is 0.172. The van der Waals surface area contributed by atoms with E-state index in [1.807, 2.05) is 42.3 Å². The molecule has 0 radical (unpaired) electrons. The van der Waals surface area contributed by atoms with Gasteiger partial charge < -0.3 is 15.3 Å². The number of rotatable bonds is 5. The molecule has 0 aliphatic heterocycles. The largest absolute Gasteiger partial charge is 0.478 e. The van der Waals surface area contributed by atoms with Crippen molar-refractivity contribution in [3.05, 3.63) is 46.3 Å². The van der Waals surface area contributed by atoms with Crippen molar-refractivity contribution in [3.8, 4) is 0 Å². The van der Waals surface area contributed by atoms with Crippen LogP contribution in [0.4, 0.5) is 10.7 Å². The highest BCUT2D eigenvalue weighted by Gasteiger charge is 2.26. The van der Waals surface area contributed by atoms with E-state index in [-0.39, 0.29) is 18.0 Å². The van der Waals surface area contributed by atoms with Crippen LogP contribution in [0.3, 0.4) is 0 Å². The van der Waals surface area contributed by atoms with Crippen molar-refractivity contribution in [2.75, 3.05) is 23.8 Å². The number of likely N-dealkylation sites (N-methyl/N-ethyl adjacent to an activating group) is 1. The number of carbonyl (C=O) groups excluding carboxylic acids is 1. The Morgan fingerprint density at radius 2 is 1.92 bits per heavy atom.